The number of ketones is 1. The van der Waals surface area contributed by atoms with Crippen LogP contribution in [-0.2, 0) is 4.79 Å². The van der Waals surface area contributed by atoms with Crippen LogP contribution in [0.4, 0.5) is 11.5 Å². The number of anilines is 2. The first-order valence-corrected chi connectivity index (χ1v) is 8.36. The molecule has 2 aromatic rings. The van der Waals surface area contributed by atoms with E-state index >= 15 is 0 Å². The van der Waals surface area contributed by atoms with Crippen LogP contribution < -0.4 is 15.0 Å². The third-order valence-corrected chi connectivity index (χ3v) is 4.07. The van der Waals surface area contributed by atoms with Crippen LogP contribution >= 0.6 is 0 Å². The smallest absolute Gasteiger partial charge is 0.262 e. The molecule has 130 valence electrons. The summed E-state index contributed by atoms with van der Waals surface area (Å²) in [5.74, 6) is 1.11. The Hall–Kier alpha value is -2.89. The van der Waals surface area contributed by atoms with Gasteiger partial charge in [-0.25, -0.2) is 4.98 Å². The fraction of sp³-hybridized carbons (Fsp3) is 0.316. The quantitative estimate of drug-likeness (QED) is 0.820. The Morgan fingerprint density at radius 2 is 2.00 bits per heavy atom. The first-order valence-electron chi connectivity index (χ1n) is 8.36. The summed E-state index contributed by atoms with van der Waals surface area (Å²) < 4.78 is 5.44. The van der Waals surface area contributed by atoms with E-state index in [1.807, 2.05) is 12.1 Å². The molecular weight excluding hydrogens is 318 g/mol. The molecule has 3 rings (SSSR count). The van der Waals surface area contributed by atoms with Gasteiger partial charge < -0.3 is 15.0 Å². The first kappa shape index (κ1) is 17.0. The Kier molecular flexibility index (Phi) is 5.28. The van der Waals surface area contributed by atoms with Crippen molar-refractivity contribution in [3.8, 4) is 5.75 Å². The number of hydrogen-bond donors (Lipinski definition) is 1. The lowest BCUT2D eigenvalue weighted by atomic mass is 10.1. The summed E-state index contributed by atoms with van der Waals surface area (Å²) in [5, 5.41) is 2.76. The van der Waals surface area contributed by atoms with Gasteiger partial charge in [-0.15, -0.1) is 0 Å². The molecule has 1 aromatic heterocycles. The van der Waals surface area contributed by atoms with Crippen molar-refractivity contribution < 1.29 is 14.3 Å². The molecule has 1 amide bonds. The van der Waals surface area contributed by atoms with Crippen LogP contribution in [0.1, 0.15) is 30.1 Å². The molecule has 0 saturated carbocycles. The maximum atomic E-state index is 12.0. The van der Waals surface area contributed by atoms with Gasteiger partial charge in [0.1, 0.15) is 11.6 Å². The average Bonchev–Trinajstić information content (AvgIpc) is 3.15. The van der Waals surface area contributed by atoms with E-state index < -0.39 is 0 Å². The van der Waals surface area contributed by atoms with Crippen molar-refractivity contribution in [2.75, 3.05) is 29.9 Å². The number of nitrogens with zero attached hydrogens (tertiary/aromatic N) is 2. The van der Waals surface area contributed by atoms with Gasteiger partial charge in [0, 0.05) is 18.7 Å². The van der Waals surface area contributed by atoms with Gasteiger partial charge in [0.15, 0.2) is 12.4 Å². The molecule has 0 bridgehead atoms. The Morgan fingerprint density at radius 1 is 1.20 bits per heavy atom. The molecule has 0 spiro atoms. The van der Waals surface area contributed by atoms with Crippen LogP contribution in [0, 0.1) is 0 Å². The Morgan fingerprint density at radius 3 is 2.68 bits per heavy atom. The number of amides is 1. The third-order valence-electron chi connectivity index (χ3n) is 4.07. The number of hydrogen-bond acceptors (Lipinski definition) is 5. The summed E-state index contributed by atoms with van der Waals surface area (Å²) in [6, 6.07) is 10.5. The number of carbonyl (C=O) groups is 2. The highest BCUT2D eigenvalue weighted by Crippen LogP contribution is 2.19. The molecule has 0 aliphatic carbocycles. The Bertz CT molecular complexity index is 753. The van der Waals surface area contributed by atoms with Gasteiger partial charge in [0.25, 0.3) is 5.91 Å². The number of rotatable bonds is 6. The number of nitrogens with one attached hydrogen (secondary N) is 1. The molecule has 1 aromatic carbocycles. The zero-order chi connectivity index (χ0) is 17.6. The Labute approximate surface area is 146 Å². The number of Topliss-reactive ketones (excluding diaryl/α,β-unsaturated/α-hetero) is 1. The molecule has 0 atom stereocenters. The maximum absolute atomic E-state index is 12.0. The fourth-order valence-corrected chi connectivity index (χ4v) is 2.74. The van der Waals surface area contributed by atoms with Gasteiger partial charge in [-0.05, 0) is 44.0 Å². The van der Waals surface area contributed by atoms with E-state index in [9.17, 15) is 9.59 Å². The van der Waals surface area contributed by atoms with Crippen LogP contribution in [-0.4, -0.2) is 36.4 Å². The lowest BCUT2D eigenvalue weighted by Gasteiger charge is -2.16. The van der Waals surface area contributed by atoms with Crippen LogP contribution in [0.15, 0.2) is 42.6 Å². The summed E-state index contributed by atoms with van der Waals surface area (Å²) in [7, 11) is 0. The minimum Gasteiger partial charge on any atom is -0.484 e. The third kappa shape index (κ3) is 4.56. The molecule has 25 heavy (non-hydrogen) atoms. The molecule has 0 unspecified atom stereocenters. The van der Waals surface area contributed by atoms with Crippen LogP contribution in [0.3, 0.4) is 0 Å². The molecule has 1 fully saturated rings. The summed E-state index contributed by atoms with van der Waals surface area (Å²) in [4.78, 5) is 30.0. The predicted octanol–water partition coefficient (Wildman–Crippen LogP) is 2.90. The van der Waals surface area contributed by atoms with Crippen LogP contribution in [0.2, 0.25) is 0 Å². The van der Waals surface area contributed by atoms with Crippen LogP contribution in [0.25, 0.3) is 0 Å². The molecule has 2 heterocycles. The van der Waals surface area contributed by atoms with Crippen molar-refractivity contribution in [1.29, 1.82) is 0 Å². The van der Waals surface area contributed by atoms with E-state index in [2.05, 4.69) is 15.2 Å². The van der Waals surface area contributed by atoms with Gasteiger partial charge in [0.2, 0.25) is 0 Å². The van der Waals surface area contributed by atoms with Crippen molar-refractivity contribution in [2.45, 2.75) is 19.8 Å². The van der Waals surface area contributed by atoms with E-state index in [-0.39, 0.29) is 18.3 Å². The number of ether oxygens (including phenoxy) is 1. The monoisotopic (exact) mass is 339 g/mol. The van der Waals surface area contributed by atoms with Crippen molar-refractivity contribution in [1.82, 2.24) is 4.98 Å². The van der Waals surface area contributed by atoms with Gasteiger partial charge >= 0.3 is 0 Å². The number of carbonyl (C=O) groups excluding carboxylic acids is 2. The summed E-state index contributed by atoms with van der Waals surface area (Å²) in [6.45, 7) is 3.43. The maximum Gasteiger partial charge on any atom is 0.262 e. The molecule has 1 aliphatic rings. The summed E-state index contributed by atoms with van der Waals surface area (Å²) in [6.07, 6.45) is 4.05. The number of benzene rings is 1. The first-order chi connectivity index (χ1) is 12.1. The van der Waals surface area contributed by atoms with Gasteiger partial charge in [0.05, 0.1) is 11.9 Å². The zero-order valence-electron chi connectivity index (χ0n) is 14.2. The van der Waals surface area contributed by atoms with Crippen molar-refractivity contribution in [3.05, 3.63) is 48.2 Å². The minimum absolute atomic E-state index is 0.0425. The fourth-order valence-electron chi connectivity index (χ4n) is 2.74. The SMILES string of the molecule is CC(=O)c1cccc(OCC(=O)Nc2ccc(N3CCCC3)nc2)c1. The molecule has 6 heteroatoms. The van der Waals surface area contributed by atoms with Crippen LogP contribution in [0.5, 0.6) is 5.75 Å². The summed E-state index contributed by atoms with van der Waals surface area (Å²) >= 11 is 0. The van der Waals surface area contributed by atoms with Crippen molar-refractivity contribution in [3.63, 3.8) is 0 Å². The van der Waals surface area contributed by atoms with Crippen molar-refractivity contribution in [2.24, 2.45) is 0 Å². The van der Waals surface area contributed by atoms with E-state index in [4.69, 9.17) is 4.74 Å². The lowest BCUT2D eigenvalue weighted by molar-refractivity contribution is -0.118. The van der Waals surface area contributed by atoms with E-state index in [0.29, 0.717) is 17.0 Å². The second-order valence-corrected chi connectivity index (χ2v) is 6.02. The zero-order valence-corrected chi connectivity index (χ0v) is 14.2. The molecule has 1 N–H and O–H groups in total. The highest BCUT2D eigenvalue weighted by atomic mass is 16.5. The topological polar surface area (TPSA) is 71.5 Å². The predicted molar refractivity (Wildman–Crippen MR) is 96.3 cm³/mol. The molecule has 1 aliphatic heterocycles. The molecule has 6 nitrogen and oxygen atoms in total. The highest BCUT2D eigenvalue weighted by molar-refractivity contribution is 5.94. The van der Waals surface area contributed by atoms with Gasteiger partial charge in [-0.2, -0.15) is 0 Å². The standard InChI is InChI=1S/C19H21N3O3/c1-14(23)15-5-4-6-17(11-15)25-13-19(24)21-16-7-8-18(20-12-16)22-9-2-3-10-22/h4-8,11-12H,2-3,9-10,13H2,1H3,(H,21,24). The second-order valence-electron chi connectivity index (χ2n) is 6.02. The molecule has 0 radical (unpaired) electrons. The van der Waals surface area contributed by atoms with E-state index in [1.54, 1.807) is 30.5 Å². The lowest BCUT2D eigenvalue weighted by Crippen LogP contribution is -2.21. The minimum atomic E-state index is -0.274. The molecular formula is C19H21N3O3. The Balaban J connectivity index is 1.52. The second kappa shape index (κ2) is 7.79. The van der Waals surface area contributed by atoms with E-state index in [0.717, 1.165) is 18.9 Å². The van der Waals surface area contributed by atoms with Gasteiger partial charge in [-0.3, -0.25) is 9.59 Å². The summed E-state index contributed by atoms with van der Waals surface area (Å²) in [5.41, 5.74) is 1.19. The van der Waals surface area contributed by atoms with Gasteiger partial charge in [-0.1, -0.05) is 12.1 Å². The van der Waals surface area contributed by atoms with Crippen molar-refractivity contribution >= 4 is 23.2 Å². The number of pyridine rings is 1. The molecule has 1 saturated heterocycles. The highest BCUT2D eigenvalue weighted by Gasteiger charge is 2.13. The average molecular weight is 339 g/mol. The number of aromatic nitrogens is 1. The largest absolute Gasteiger partial charge is 0.484 e. The normalized spacial score (nSPS) is 13.6. The van der Waals surface area contributed by atoms with E-state index in [1.165, 1.54) is 19.8 Å².